The SMILES string of the molecule is COC(=O)c1ccc(C(=C\c2nc3ccccc3s2)/C=C2\Nc3ccccc3S2)cc1. The molecule has 2 heterocycles. The van der Waals surface area contributed by atoms with E-state index in [2.05, 4.69) is 35.7 Å². The number of ether oxygens (including phenoxy) is 1. The molecule has 6 heteroatoms. The molecule has 4 nitrogen and oxygen atoms in total. The topological polar surface area (TPSA) is 51.2 Å². The number of allylic oxidation sites excluding steroid dienone is 2. The first-order valence-electron chi connectivity index (χ1n) is 9.71. The predicted octanol–water partition coefficient (Wildman–Crippen LogP) is 6.68. The summed E-state index contributed by atoms with van der Waals surface area (Å²) < 4.78 is 5.98. The number of carbonyl (C=O) groups excluding carboxylic acids is 1. The molecule has 0 amide bonds. The van der Waals surface area contributed by atoms with Gasteiger partial charge in [-0.05, 0) is 59.7 Å². The van der Waals surface area contributed by atoms with Crippen LogP contribution in [0.1, 0.15) is 20.9 Å². The number of hydrogen-bond acceptors (Lipinski definition) is 6. The Morgan fingerprint density at radius 3 is 2.48 bits per heavy atom. The first kappa shape index (κ1) is 19.6. The number of hydrogen-bond donors (Lipinski definition) is 1. The second-order valence-electron chi connectivity index (χ2n) is 6.92. The fourth-order valence-electron chi connectivity index (χ4n) is 3.35. The molecule has 4 aromatic rings. The van der Waals surface area contributed by atoms with Gasteiger partial charge in [-0.3, -0.25) is 0 Å². The molecule has 5 rings (SSSR count). The van der Waals surface area contributed by atoms with Crippen LogP contribution in [0, 0.1) is 0 Å². The molecule has 0 fully saturated rings. The van der Waals surface area contributed by atoms with Gasteiger partial charge in [-0.1, -0.05) is 48.2 Å². The molecule has 0 bridgehead atoms. The maximum Gasteiger partial charge on any atom is 0.337 e. The van der Waals surface area contributed by atoms with E-state index in [1.54, 1.807) is 35.2 Å². The summed E-state index contributed by atoms with van der Waals surface area (Å²) in [5, 5.41) is 5.46. The number of nitrogens with zero attached hydrogens (tertiary/aromatic N) is 1. The van der Waals surface area contributed by atoms with Gasteiger partial charge in [-0.2, -0.15) is 0 Å². The molecule has 0 radical (unpaired) electrons. The average Bonchev–Trinajstić information content (AvgIpc) is 3.41. The normalized spacial score (nSPS) is 14.5. The molecule has 0 spiro atoms. The van der Waals surface area contributed by atoms with Crippen molar-refractivity contribution in [1.29, 1.82) is 0 Å². The van der Waals surface area contributed by atoms with Crippen molar-refractivity contribution >= 4 is 56.6 Å². The Morgan fingerprint density at radius 2 is 1.71 bits per heavy atom. The molecular formula is C25H18N2O2S2. The van der Waals surface area contributed by atoms with E-state index in [0.29, 0.717) is 5.56 Å². The minimum Gasteiger partial charge on any atom is -0.465 e. The van der Waals surface area contributed by atoms with E-state index in [0.717, 1.165) is 37.1 Å². The zero-order valence-corrected chi connectivity index (χ0v) is 18.3. The monoisotopic (exact) mass is 442 g/mol. The van der Waals surface area contributed by atoms with Crippen LogP contribution >= 0.6 is 23.1 Å². The molecule has 152 valence electrons. The third-order valence-electron chi connectivity index (χ3n) is 4.88. The van der Waals surface area contributed by atoms with Gasteiger partial charge < -0.3 is 10.1 Å². The zero-order chi connectivity index (χ0) is 21.2. The van der Waals surface area contributed by atoms with Crippen molar-refractivity contribution < 1.29 is 9.53 Å². The van der Waals surface area contributed by atoms with E-state index in [1.807, 2.05) is 42.5 Å². The molecular weight excluding hydrogens is 424 g/mol. The maximum atomic E-state index is 11.8. The van der Waals surface area contributed by atoms with Gasteiger partial charge in [0.1, 0.15) is 5.01 Å². The number of nitrogens with one attached hydrogen (secondary N) is 1. The van der Waals surface area contributed by atoms with Crippen molar-refractivity contribution in [3.8, 4) is 0 Å². The number of aromatic nitrogens is 1. The Hall–Kier alpha value is -3.35. The third kappa shape index (κ3) is 4.13. The summed E-state index contributed by atoms with van der Waals surface area (Å²) in [6.07, 6.45) is 4.22. The number of methoxy groups -OCH3 is 1. The number of carbonyl (C=O) groups is 1. The number of thiazole rings is 1. The molecule has 0 aliphatic carbocycles. The highest BCUT2D eigenvalue weighted by molar-refractivity contribution is 8.03. The smallest absolute Gasteiger partial charge is 0.337 e. The number of anilines is 1. The maximum absolute atomic E-state index is 11.8. The van der Waals surface area contributed by atoms with Crippen molar-refractivity contribution in [3.05, 3.63) is 100 Å². The predicted molar refractivity (Wildman–Crippen MR) is 129 cm³/mol. The van der Waals surface area contributed by atoms with Crippen molar-refractivity contribution in [2.75, 3.05) is 12.4 Å². The molecule has 0 unspecified atom stereocenters. The Balaban J connectivity index is 1.55. The first-order valence-corrected chi connectivity index (χ1v) is 11.3. The van der Waals surface area contributed by atoms with Crippen LogP contribution in [0.4, 0.5) is 5.69 Å². The van der Waals surface area contributed by atoms with Crippen LogP contribution in [0.2, 0.25) is 0 Å². The number of rotatable bonds is 4. The van der Waals surface area contributed by atoms with E-state index in [9.17, 15) is 4.79 Å². The number of para-hydroxylation sites is 2. The van der Waals surface area contributed by atoms with Crippen molar-refractivity contribution in [1.82, 2.24) is 4.98 Å². The average molecular weight is 443 g/mol. The highest BCUT2D eigenvalue weighted by Gasteiger charge is 2.16. The minimum absolute atomic E-state index is 0.343. The van der Waals surface area contributed by atoms with Crippen LogP contribution in [0.5, 0.6) is 0 Å². The first-order chi connectivity index (χ1) is 15.2. The van der Waals surface area contributed by atoms with Crippen LogP contribution in [0.15, 0.2) is 88.8 Å². The Morgan fingerprint density at radius 1 is 0.968 bits per heavy atom. The minimum atomic E-state index is -0.343. The summed E-state index contributed by atoms with van der Waals surface area (Å²) >= 11 is 3.36. The number of benzene rings is 3. The van der Waals surface area contributed by atoms with Gasteiger partial charge in [-0.15, -0.1) is 11.3 Å². The summed E-state index contributed by atoms with van der Waals surface area (Å²) in [6.45, 7) is 0. The summed E-state index contributed by atoms with van der Waals surface area (Å²) in [5.74, 6) is -0.343. The number of esters is 1. The second-order valence-corrected chi connectivity index (χ2v) is 9.07. The van der Waals surface area contributed by atoms with Crippen molar-refractivity contribution in [2.24, 2.45) is 0 Å². The van der Waals surface area contributed by atoms with Gasteiger partial charge in [0.2, 0.25) is 0 Å². The lowest BCUT2D eigenvalue weighted by Crippen LogP contribution is -2.00. The Bertz CT molecular complexity index is 1280. The molecule has 0 saturated carbocycles. The fourth-order valence-corrected chi connectivity index (χ4v) is 5.23. The quantitative estimate of drug-likeness (QED) is 0.357. The van der Waals surface area contributed by atoms with E-state index in [-0.39, 0.29) is 5.97 Å². The van der Waals surface area contributed by atoms with E-state index >= 15 is 0 Å². The molecule has 1 aliphatic heterocycles. The van der Waals surface area contributed by atoms with Crippen LogP contribution in [0.25, 0.3) is 21.9 Å². The van der Waals surface area contributed by atoms with E-state index in [4.69, 9.17) is 9.72 Å². The van der Waals surface area contributed by atoms with Gasteiger partial charge >= 0.3 is 5.97 Å². The number of thioether (sulfide) groups is 1. The Labute approximate surface area is 188 Å². The number of fused-ring (bicyclic) bond motifs is 2. The third-order valence-corrected chi connectivity index (χ3v) is 6.88. The highest BCUT2D eigenvalue weighted by atomic mass is 32.2. The van der Waals surface area contributed by atoms with Gasteiger partial charge in [0.25, 0.3) is 0 Å². The molecule has 31 heavy (non-hydrogen) atoms. The van der Waals surface area contributed by atoms with Crippen molar-refractivity contribution in [3.63, 3.8) is 0 Å². The van der Waals surface area contributed by atoms with E-state index < -0.39 is 0 Å². The summed E-state index contributed by atoms with van der Waals surface area (Å²) in [7, 11) is 1.39. The summed E-state index contributed by atoms with van der Waals surface area (Å²) in [4.78, 5) is 17.8. The standard InChI is InChI=1S/C25H18N2O2S2/c1-29-25(28)17-12-10-16(11-13-17)18(14-23-26-19-6-2-4-8-21(19)30-23)15-24-27-20-7-3-5-9-22(20)31-24/h2-15,26H,1H3/b18-15-,23-14+. The Kier molecular flexibility index (Phi) is 5.32. The van der Waals surface area contributed by atoms with Gasteiger partial charge in [0.15, 0.2) is 0 Å². The lowest BCUT2D eigenvalue weighted by molar-refractivity contribution is 0.0600. The van der Waals surface area contributed by atoms with E-state index in [1.165, 1.54) is 12.0 Å². The zero-order valence-electron chi connectivity index (χ0n) is 16.7. The van der Waals surface area contributed by atoms with Gasteiger partial charge in [0.05, 0.1) is 33.6 Å². The van der Waals surface area contributed by atoms with Gasteiger partial charge in [-0.25, -0.2) is 9.78 Å². The molecule has 0 atom stereocenters. The molecule has 1 aromatic heterocycles. The largest absolute Gasteiger partial charge is 0.465 e. The molecule has 1 aliphatic rings. The lowest BCUT2D eigenvalue weighted by Gasteiger charge is -2.06. The van der Waals surface area contributed by atoms with Crippen LogP contribution in [-0.4, -0.2) is 18.1 Å². The summed E-state index contributed by atoms with van der Waals surface area (Å²) in [5.41, 5.74) is 4.64. The highest BCUT2D eigenvalue weighted by Crippen LogP contribution is 2.42. The molecule has 0 saturated heterocycles. The molecule has 1 N–H and O–H groups in total. The second kappa shape index (κ2) is 8.41. The van der Waals surface area contributed by atoms with Crippen molar-refractivity contribution in [2.45, 2.75) is 4.90 Å². The summed E-state index contributed by atoms with van der Waals surface area (Å²) in [6, 6.07) is 23.8. The lowest BCUT2D eigenvalue weighted by atomic mass is 10.0. The van der Waals surface area contributed by atoms with Crippen LogP contribution < -0.4 is 5.32 Å². The molecule has 3 aromatic carbocycles. The fraction of sp³-hybridized carbons (Fsp3) is 0.0400. The van der Waals surface area contributed by atoms with Crippen LogP contribution in [-0.2, 0) is 4.74 Å². The van der Waals surface area contributed by atoms with Crippen LogP contribution in [0.3, 0.4) is 0 Å². The van der Waals surface area contributed by atoms with Gasteiger partial charge in [0, 0.05) is 4.90 Å².